The molecule has 3 aromatic carbocycles. The van der Waals surface area contributed by atoms with Crippen LogP contribution in [0.2, 0.25) is 0 Å². The van der Waals surface area contributed by atoms with Gasteiger partial charge in [-0.3, -0.25) is 14.6 Å². The third-order valence-electron chi connectivity index (χ3n) is 7.22. The molecule has 1 unspecified atom stereocenters. The van der Waals surface area contributed by atoms with Crippen LogP contribution in [0.15, 0.2) is 83.7 Å². The van der Waals surface area contributed by atoms with Crippen molar-refractivity contribution in [1.82, 2.24) is 14.9 Å². The minimum atomic E-state index is -1.40. The average Bonchev–Trinajstić information content (AvgIpc) is 3.57. The summed E-state index contributed by atoms with van der Waals surface area (Å²) in [7, 11) is 2.99. The molecule has 1 fully saturated rings. The van der Waals surface area contributed by atoms with Crippen LogP contribution in [0.25, 0.3) is 10.9 Å². The van der Waals surface area contributed by atoms with Crippen molar-refractivity contribution in [3.63, 3.8) is 0 Å². The number of hydrogen-bond donors (Lipinski definition) is 1. The summed E-state index contributed by atoms with van der Waals surface area (Å²) < 4.78 is 50.7. The Balaban J connectivity index is 1.23. The molecular weight excluding hydrogens is 604 g/mol. The number of carbonyl (C=O) groups is 3. The Kier molecular flexibility index (Phi) is 8.16. The monoisotopic (exact) mass is 629 g/mol. The van der Waals surface area contributed by atoms with Crippen molar-refractivity contribution in [3.8, 4) is 23.0 Å². The minimum Gasteiger partial charge on any atom is -0.493 e. The number of benzene rings is 3. The van der Waals surface area contributed by atoms with Gasteiger partial charge in [-0.05, 0) is 48.5 Å². The number of anilines is 2. The number of fused-ring (bicyclic) bond motifs is 1. The quantitative estimate of drug-likeness (QED) is 0.209. The molecular formula is C32H25F2N5O7. The number of urea groups is 1. The zero-order valence-electron chi connectivity index (χ0n) is 24.4. The van der Waals surface area contributed by atoms with Crippen LogP contribution in [0.1, 0.15) is 5.89 Å². The lowest BCUT2D eigenvalue weighted by Crippen LogP contribution is -2.59. The molecule has 1 aliphatic heterocycles. The Morgan fingerprint density at radius 3 is 2.39 bits per heavy atom. The molecule has 1 saturated heterocycles. The van der Waals surface area contributed by atoms with E-state index in [1.54, 1.807) is 18.2 Å². The lowest BCUT2D eigenvalue weighted by molar-refractivity contribution is -0.132. The van der Waals surface area contributed by atoms with Crippen molar-refractivity contribution in [2.45, 2.75) is 6.54 Å². The Morgan fingerprint density at radius 1 is 0.935 bits per heavy atom. The Morgan fingerprint density at radius 2 is 1.70 bits per heavy atom. The predicted octanol–water partition coefficient (Wildman–Crippen LogP) is 5.53. The van der Waals surface area contributed by atoms with Gasteiger partial charge in [0.05, 0.1) is 38.2 Å². The second-order valence-corrected chi connectivity index (χ2v) is 10.1. The zero-order chi connectivity index (χ0) is 32.4. The molecule has 0 saturated carbocycles. The van der Waals surface area contributed by atoms with Crippen LogP contribution < -0.4 is 24.4 Å². The highest BCUT2D eigenvalue weighted by molar-refractivity contribution is 6.23. The van der Waals surface area contributed by atoms with Gasteiger partial charge in [0.1, 0.15) is 23.7 Å². The van der Waals surface area contributed by atoms with Crippen LogP contribution in [0, 0.1) is 17.6 Å². The highest BCUT2D eigenvalue weighted by Crippen LogP contribution is 2.37. The zero-order valence-corrected chi connectivity index (χ0v) is 24.4. The Bertz CT molecular complexity index is 1940. The van der Waals surface area contributed by atoms with E-state index in [2.05, 4.69) is 15.3 Å². The Hall–Kier alpha value is -6.05. The fraction of sp³-hybridized carbons (Fsp3) is 0.156. The number of pyridine rings is 1. The molecule has 0 radical (unpaired) electrons. The van der Waals surface area contributed by atoms with Crippen molar-refractivity contribution in [2.75, 3.05) is 31.0 Å². The molecule has 12 nitrogen and oxygen atoms in total. The van der Waals surface area contributed by atoms with Gasteiger partial charge in [0, 0.05) is 35.9 Å². The molecule has 1 aliphatic rings. The van der Waals surface area contributed by atoms with Crippen LogP contribution >= 0.6 is 0 Å². The van der Waals surface area contributed by atoms with Crippen molar-refractivity contribution in [2.24, 2.45) is 5.92 Å². The van der Waals surface area contributed by atoms with Crippen molar-refractivity contribution < 1.29 is 41.8 Å². The second kappa shape index (κ2) is 12.5. The van der Waals surface area contributed by atoms with Crippen LogP contribution in [0.3, 0.4) is 0 Å². The van der Waals surface area contributed by atoms with E-state index in [0.717, 1.165) is 23.1 Å². The van der Waals surface area contributed by atoms with Crippen LogP contribution in [-0.4, -0.2) is 53.5 Å². The Labute approximate surface area is 260 Å². The van der Waals surface area contributed by atoms with E-state index >= 15 is 4.39 Å². The maximum Gasteiger partial charge on any atom is 0.331 e. The summed E-state index contributed by atoms with van der Waals surface area (Å²) in [5.74, 6) is -3.16. The van der Waals surface area contributed by atoms with Crippen LogP contribution in [0.4, 0.5) is 25.0 Å². The fourth-order valence-corrected chi connectivity index (χ4v) is 4.96. The highest BCUT2D eigenvalue weighted by Gasteiger charge is 2.44. The number of ether oxygens (including phenoxy) is 3. The molecule has 46 heavy (non-hydrogen) atoms. The topological polar surface area (TPSA) is 136 Å². The van der Waals surface area contributed by atoms with E-state index in [9.17, 15) is 18.8 Å². The van der Waals surface area contributed by atoms with E-state index in [-0.39, 0.29) is 36.1 Å². The number of aromatic nitrogens is 2. The average molecular weight is 630 g/mol. The third kappa shape index (κ3) is 5.87. The molecule has 5 aromatic rings. The van der Waals surface area contributed by atoms with Crippen molar-refractivity contribution >= 4 is 40.1 Å². The molecule has 3 heterocycles. The van der Waals surface area contributed by atoms with Gasteiger partial charge in [0.25, 0.3) is 0 Å². The molecule has 14 heteroatoms. The summed E-state index contributed by atoms with van der Waals surface area (Å²) in [5, 5.41) is 3.09. The number of halogens is 2. The van der Waals surface area contributed by atoms with E-state index in [1.165, 1.54) is 62.0 Å². The minimum absolute atomic E-state index is 0.0399. The van der Waals surface area contributed by atoms with Gasteiger partial charge in [-0.1, -0.05) is 0 Å². The number of nitrogens with one attached hydrogen (secondary N) is 1. The lowest BCUT2D eigenvalue weighted by atomic mass is 10.0. The smallest absolute Gasteiger partial charge is 0.331 e. The summed E-state index contributed by atoms with van der Waals surface area (Å²) in [5.41, 5.74) is 0.637. The molecule has 2 aromatic heterocycles. The van der Waals surface area contributed by atoms with Gasteiger partial charge in [-0.2, -0.15) is 0 Å². The van der Waals surface area contributed by atoms with Crippen molar-refractivity contribution in [1.29, 1.82) is 0 Å². The van der Waals surface area contributed by atoms with Gasteiger partial charge in [-0.25, -0.2) is 23.5 Å². The number of carbonyl (C=O) groups excluding carboxylic acids is 3. The standard InChI is InChI=1S/C32H25F2N5O7/c1-43-27-14-21-24(15-28(27)44-2)35-10-9-25(21)46-26-8-5-19(13-23(26)34)37-30(40)22-16-38(17-29-36-11-12-45-29)32(42)39(31(22)41)20-6-3-18(33)4-7-20/h3-15,22H,16-17H2,1-2H3,(H,37,40). The summed E-state index contributed by atoms with van der Waals surface area (Å²) in [6.45, 7) is -0.444. The number of imide groups is 1. The van der Waals surface area contributed by atoms with Gasteiger partial charge in [-0.15, -0.1) is 0 Å². The van der Waals surface area contributed by atoms with Gasteiger partial charge in [0.15, 0.2) is 23.1 Å². The van der Waals surface area contributed by atoms with Gasteiger partial charge >= 0.3 is 6.03 Å². The van der Waals surface area contributed by atoms with Crippen molar-refractivity contribution in [3.05, 3.63) is 96.8 Å². The fourth-order valence-electron chi connectivity index (χ4n) is 4.96. The van der Waals surface area contributed by atoms with E-state index < -0.39 is 35.4 Å². The summed E-state index contributed by atoms with van der Waals surface area (Å²) >= 11 is 0. The first kappa shape index (κ1) is 30.0. The first-order valence-electron chi connectivity index (χ1n) is 13.8. The second-order valence-electron chi connectivity index (χ2n) is 10.1. The van der Waals surface area contributed by atoms with E-state index in [0.29, 0.717) is 28.2 Å². The van der Waals surface area contributed by atoms with E-state index in [4.69, 9.17) is 18.6 Å². The number of methoxy groups -OCH3 is 2. The predicted molar refractivity (Wildman–Crippen MR) is 160 cm³/mol. The van der Waals surface area contributed by atoms with Gasteiger partial charge < -0.3 is 28.8 Å². The number of amides is 4. The summed E-state index contributed by atoms with van der Waals surface area (Å²) in [4.78, 5) is 50.5. The van der Waals surface area contributed by atoms with Crippen LogP contribution in [0.5, 0.6) is 23.0 Å². The maximum atomic E-state index is 15.3. The van der Waals surface area contributed by atoms with E-state index in [1.807, 2.05) is 0 Å². The number of oxazole rings is 1. The molecule has 0 spiro atoms. The molecule has 234 valence electrons. The third-order valence-corrected chi connectivity index (χ3v) is 7.22. The molecule has 0 aliphatic carbocycles. The van der Waals surface area contributed by atoms with Crippen LogP contribution in [-0.2, 0) is 16.1 Å². The lowest BCUT2D eigenvalue weighted by Gasteiger charge is -2.37. The SMILES string of the molecule is COc1cc2nccc(Oc3ccc(NC(=O)C4CN(Cc5ncco5)C(=O)N(c5ccc(F)cc5)C4=O)cc3F)c2cc1OC. The molecule has 6 rings (SSSR count). The number of hydrogen-bond acceptors (Lipinski definition) is 9. The number of rotatable bonds is 9. The maximum absolute atomic E-state index is 15.3. The highest BCUT2D eigenvalue weighted by atomic mass is 19.1. The first-order chi connectivity index (χ1) is 22.2. The molecule has 0 bridgehead atoms. The number of nitrogens with zero attached hydrogens (tertiary/aromatic N) is 4. The summed E-state index contributed by atoms with van der Waals surface area (Å²) in [6.07, 6.45) is 4.22. The first-order valence-corrected chi connectivity index (χ1v) is 13.8. The van der Waals surface area contributed by atoms with Gasteiger partial charge in [0.2, 0.25) is 17.7 Å². The molecule has 1 N–H and O–H groups in total. The largest absolute Gasteiger partial charge is 0.493 e. The normalized spacial score (nSPS) is 14.8. The summed E-state index contributed by atoms with van der Waals surface area (Å²) in [6, 6.07) is 12.6. The molecule has 1 atom stereocenters. The molecule has 4 amide bonds.